The highest BCUT2D eigenvalue weighted by molar-refractivity contribution is 5.85. The first-order valence-electron chi connectivity index (χ1n) is 4.68. The summed E-state index contributed by atoms with van der Waals surface area (Å²) in [7, 11) is 1.74. The fourth-order valence-electron chi connectivity index (χ4n) is 1.29. The number of hydrogen-bond donors (Lipinski definition) is 1. The Morgan fingerprint density at radius 1 is 1.40 bits per heavy atom. The molecule has 0 fully saturated rings. The summed E-state index contributed by atoms with van der Waals surface area (Å²) in [5.74, 6) is -0.235. The first-order chi connectivity index (χ1) is 6.79. The summed E-state index contributed by atoms with van der Waals surface area (Å²) in [6.07, 6.45) is 0. The number of hydrogen-bond acceptors (Lipinski definition) is 3. The van der Waals surface area contributed by atoms with Gasteiger partial charge in [0, 0.05) is 0 Å². The van der Waals surface area contributed by atoms with Crippen molar-refractivity contribution in [2.24, 2.45) is 0 Å². The normalized spacial score (nSPS) is 11.3. The molecule has 4 heteroatoms. The third kappa shape index (κ3) is 3.90. The summed E-state index contributed by atoms with van der Waals surface area (Å²) in [5.41, 5.74) is 0.924. The van der Waals surface area contributed by atoms with Gasteiger partial charge < -0.3 is 10.1 Å². The Morgan fingerprint density at radius 3 is 2.47 bits per heavy atom. The average Bonchev–Trinajstić information content (AvgIpc) is 2.21. The van der Waals surface area contributed by atoms with Crippen LogP contribution in [0.2, 0.25) is 0 Å². The van der Waals surface area contributed by atoms with Crippen molar-refractivity contribution in [3.05, 3.63) is 35.9 Å². The van der Waals surface area contributed by atoms with Crippen molar-refractivity contribution in [1.29, 1.82) is 0 Å². The molecule has 0 heterocycles. The van der Waals surface area contributed by atoms with Crippen molar-refractivity contribution in [1.82, 2.24) is 5.32 Å². The summed E-state index contributed by atoms with van der Waals surface area (Å²) in [6.45, 7) is 2.21. The van der Waals surface area contributed by atoms with Crippen molar-refractivity contribution < 1.29 is 9.53 Å². The average molecular weight is 230 g/mol. The molecule has 0 aromatic heterocycles. The van der Waals surface area contributed by atoms with Crippen LogP contribution in [0.5, 0.6) is 0 Å². The van der Waals surface area contributed by atoms with Crippen LogP contribution in [0.15, 0.2) is 30.3 Å². The molecule has 0 amide bonds. The third-order valence-corrected chi connectivity index (χ3v) is 1.94. The minimum Gasteiger partial charge on any atom is -0.465 e. The van der Waals surface area contributed by atoms with Crippen molar-refractivity contribution in [2.45, 2.75) is 13.0 Å². The van der Waals surface area contributed by atoms with E-state index in [1.54, 1.807) is 14.0 Å². The van der Waals surface area contributed by atoms with Crippen LogP contribution < -0.4 is 5.32 Å². The van der Waals surface area contributed by atoms with Gasteiger partial charge in [0.1, 0.15) is 6.04 Å². The van der Waals surface area contributed by atoms with Crippen LogP contribution in [0.1, 0.15) is 18.5 Å². The Morgan fingerprint density at radius 2 is 2.00 bits per heavy atom. The fraction of sp³-hybridized carbons (Fsp3) is 0.364. The molecular formula is C11H16ClNO2. The highest BCUT2D eigenvalue weighted by Crippen LogP contribution is 2.13. The summed E-state index contributed by atoms with van der Waals surface area (Å²) in [6, 6.07) is 9.16. The van der Waals surface area contributed by atoms with E-state index in [-0.39, 0.29) is 24.4 Å². The number of halogens is 1. The van der Waals surface area contributed by atoms with Crippen molar-refractivity contribution in [3.8, 4) is 0 Å². The zero-order chi connectivity index (χ0) is 10.4. The van der Waals surface area contributed by atoms with E-state index in [0.29, 0.717) is 6.61 Å². The first-order valence-corrected chi connectivity index (χ1v) is 4.68. The molecule has 1 aromatic carbocycles. The van der Waals surface area contributed by atoms with Gasteiger partial charge in [0.2, 0.25) is 0 Å². The van der Waals surface area contributed by atoms with Crippen molar-refractivity contribution in [2.75, 3.05) is 13.7 Å². The molecule has 0 unspecified atom stereocenters. The quantitative estimate of drug-likeness (QED) is 0.802. The Labute approximate surface area is 96.2 Å². The van der Waals surface area contributed by atoms with Gasteiger partial charge in [-0.2, -0.15) is 0 Å². The van der Waals surface area contributed by atoms with E-state index in [9.17, 15) is 4.79 Å². The fourth-order valence-corrected chi connectivity index (χ4v) is 1.29. The van der Waals surface area contributed by atoms with E-state index in [4.69, 9.17) is 4.74 Å². The number of carbonyl (C=O) groups is 1. The number of carbonyl (C=O) groups excluding carboxylic acids is 1. The summed E-state index contributed by atoms with van der Waals surface area (Å²) < 4.78 is 4.95. The van der Waals surface area contributed by atoms with E-state index in [1.165, 1.54) is 0 Å². The Hall–Kier alpha value is -1.06. The molecule has 0 saturated carbocycles. The van der Waals surface area contributed by atoms with Crippen molar-refractivity contribution in [3.63, 3.8) is 0 Å². The van der Waals surface area contributed by atoms with Gasteiger partial charge in [0.25, 0.3) is 0 Å². The van der Waals surface area contributed by atoms with Crippen molar-refractivity contribution >= 4 is 18.4 Å². The molecule has 1 aromatic rings. The van der Waals surface area contributed by atoms with Crippen LogP contribution in [0.4, 0.5) is 0 Å². The second-order valence-corrected chi connectivity index (χ2v) is 2.88. The second kappa shape index (κ2) is 7.26. The number of benzene rings is 1. The van der Waals surface area contributed by atoms with E-state index < -0.39 is 0 Å². The minimum absolute atomic E-state index is 0. The van der Waals surface area contributed by atoms with E-state index in [1.807, 2.05) is 30.3 Å². The molecule has 1 atom stereocenters. The van der Waals surface area contributed by atoms with Gasteiger partial charge in [0.15, 0.2) is 0 Å². The number of nitrogens with one attached hydrogen (secondary N) is 1. The molecule has 0 radical (unpaired) electrons. The molecule has 84 valence electrons. The smallest absolute Gasteiger partial charge is 0.327 e. The number of ether oxygens (including phenoxy) is 1. The maximum atomic E-state index is 11.5. The lowest BCUT2D eigenvalue weighted by atomic mass is 10.1. The van der Waals surface area contributed by atoms with Gasteiger partial charge in [-0.25, -0.2) is 4.79 Å². The molecule has 0 aliphatic carbocycles. The molecular weight excluding hydrogens is 214 g/mol. The lowest BCUT2D eigenvalue weighted by Gasteiger charge is -2.14. The molecule has 0 aliphatic heterocycles. The molecule has 0 bridgehead atoms. The largest absolute Gasteiger partial charge is 0.465 e. The van der Waals surface area contributed by atoms with Crippen LogP contribution in [0.25, 0.3) is 0 Å². The van der Waals surface area contributed by atoms with Crippen LogP contribution in [-0.2, 0) is 9.53 Å². The molecule has 0 aliphatic rings. The van der Waals surface area contributed by atoms with E-state index in [0.717, 1.165) is 5.56 Å². The SMILES string of the molecule is CCOC(=O)[C@@H](NC)c1ccccc1.Cl. The number of rotatable bonds is 4. The third-order valence-electron chi connectivity index (χ3n) is 1.94. The van der Waals surface area contributed by atoms with Gasteiger partial charge in [0.05, 0.1) is 6.61 Å². The van der Waals surface area contributed by atoms with Gasteiger partial charge in [-0.15, -0.1) is 12.4 Å². The van der Waals surface area contributed by atoms with Gasteiger partial charge in [-0.1, -0.05) is 30.3 Å². The predicted molar refractivity (Wildman–Crippen MR) is 62.1 cm³/mol. The van der Waals surface area contributed by atoms with Gasteiger partial charge >= 0.3 is 5.97 Å². The maximum absolute atomic E-state index is 11.5. The summed E-state index contributed by atoms with van der Waals surface area (Å²) >= 11 is 0. The monoisotopic (exact) mass is 229 g/mol. The van der Waals surface area contributed by atoms with Crippen LogP contribution in [0.3, 0.4) is 0 Å². The Balaban J connectivity index is 0.00000196. The highest BCUT2D eigenvalue weighted by atomic mass is 35.5. The zero-order valence-corrected chi connectivity index (χ0v) is 9.71. The van der Waals surface area contributed by atoms with Crippen LogP contribution >= 0.6 is 12.4 Å². The number of esters is 1. The maximum Gasteiger partial charge on any atom is 0.327 e. The molecule has 15 heavy (non-hydrogen) atoms. The standard InChI is InChI=1S/C11H15NO2.ClH/c1-3-14-11(13)10(12-2)9-7-5-4-6-8-9;/h4-8,10,12H,3H2,1-2H3;1H/t10-;/m0./s1. The lowest BCUT2D eigenvalue weighted by molar-refractivity contribution is -0.145. The van der Waals surface area contributed by atoms with Crippen LogP contribution in [0, 0.1) is 0 Å². The van der Waals surface area contributed by atoms with Gasteiger partial charge in [-0.3, -0.25) is 0 Å². The molecule has 3 nitrogen and oxygen atoms in total. The molecule has 1 N–H and O–H groups in total. The van der Waals surface area contributed by atoms with Crippen LogP contribution in [-0.4, -0.2) is 19.6 Å². The lowest BCUT2D eigenvalue weighted by Crippen LogP contribution is -2.27. The summed E-state index contributed by atoms with van der Waals surface area (Å²) in [4.78, 5) is 11.5. The van der Waals surface area contributed by atoms with E-state index in [2.05, 4.69) is 5.32 Å². The molecule has 0 saturated heterocycles. The number of likely N-dealkylation sites (N-methyl/N-ethyl adjacent to an activating group) is 1. The second-order valence-electron chi connectivity index (χ2n) is 2.88. The van der Waals surface area contributed by atoms with Gasteiger partial charge in [-0.05, 0) is 19.5 Å². The predicted octanol–water partition coefficient (Wildman–Crippen LogP) is 1.93. The molecule has 0 spiro atoms. The first kappa shape index (κ1) is 13.9. The molecule has 1 rings (SSSR count). The summed E-state index contributed by atoms with van der Waals surface area (Å²) in [5, 5.41) is 2.93. The van der Waals surface area contributed by atoms with E-state index >= 15 is 0 Å². The topological polar surface area (TPSA) is 38.3 Å². The Kier molecular flexibility index (Phi) is 6.75. The zero-order valence-electron chi connectivity index (χ0n) is 8.90. The highest BCUT2D eigenvalue weighted by Gasteiger charge is 2.18. The Bertz CT molecular complexity index is 290. The minimum atomic E-state index is -0.365.